The fourth-order valence-electron chi connectivity index (χ4n) is 6.66. The first-order valence-electron chi connectivity index (χ1n) is 17.7. The van der Waals surface area contributed by atoms with E-state index in [1.54, 1.807) is 0 Å². The lowest BCUT2D eigenvalue weighted by atomic mass is 9.98. The molecule has 1 aromatic carbocycles. The van der Waals surface area contributed by atoms with Gasteiger partial charge in [-0.3, -0.25) is 4.90 Å². The van der Waals surface area contributed by atoms with Crippen LogP contribution in [0.3, 0.4) is 0 Å². The first-order chi connectivity index (χ1) is 21.8. The number of ether oxygens (including phenoxy) is 2. The summed E-state index contributed by atoms with van der Waals surface area (Å²) >= 11 is 0. The molecule has 2 aromatic heterocycles. The molecule has 0 aliphatic carbocycles. The molecule has 1 unspecified atom stereocenters. The van der Waals surface area contributed by atoms with Crippen molar-refractivity contribution in [3.63, 3.8) is 0 Å². The van der Waals surface area contributed by atoms with Crippen LogP contribution in [0, 0.1) is 5.92 Å². The van der Waals surface area contributed by atoms with Crippen LogP contribution in [0.5, 0.6) is 5.75 Å². The predicted molar refractivity (Wildman–Crippen MR) is 191 cm³/mol. The predicted octanol–water partition coefficient (Wildman–Crippen LogP) is 7.61. The van der Waals surface area contributed by atoms with Crippen LogP contribution in [-0.4, -0.2) is 73.5 Å². The number of benzene rings is 1. The molecule has 0 amide bonds. The normalized spacial score (nSPS) is 20.5. The van der Waals surface area contributed by atoms with Crippen molar-refractivity contribution in [3.05, 3.63) is 29.6 Å². The maximum atomic E-state index is 6.82. The van der Waals surface area contributed by atoms with Crippen LogP contribution in [0.2, 0.25) is 43.8 Å². The molecule has 0 saturated carbocycles. The summed E-state index contributed by atoms with van der Waals surface area (Å²) in [6.45, 7) is 25.9. The second kappa shape index (κ2) is 13.5. The molecule has 0 spiro atoms. The van der Waals surface area contributed by atoms with Crippen molar-refractivity contribution < 1.29 is 13.9 Å². The van der Waals surface area contributed by atoms with Crippen molar-refractivity contribution in [2.24, 2.45) is 5.92 Å². The van der Waals surface area contributed by atoms with Crippen LogP contribution in [0.1, 0.15) is 70.5 Å². The minimum absolute atomic E-state index is 0.0686. The van der Waals surface area contributed by atoms with Gasteiger partial charge in [0.1, 0.15) is 18.2 Å². The van der Waals surface area contributed by atoms with E-state index in [9.17, 15) is 0 Å². The van der Waals surface area contributed by atoms with Crippen LogP contribution in [0.15, 0.2) is 18.2 Å². The van der Waals surface area contributed by atoms with Crippen LogP contribution in [-0.2, 0) is 29.3 Å². The van der Waals surface area contributed by atoms with Crippen molar-refractivity contribution in [1.82, 2.24) is 29.5 Å². The van der Waals surface area contributed by atoms with E-state index < -0.39 is 16.4 Å². The minimum atomic E-state index is -2.03. The third-order valence-electron chi connectivity index (χ3n) is 10.6. The Morgan fingerprint density at radius 3 is 2.50 bits per heavy atom. The van der Waals surface area contributed by atoms with Crippen LogP contribution in [0.25, 0.3) is 22.4 Å². The van der Waals surface area contributed by atoms with Gasteiger partial charge in [0.15, 0.2) is 12.1 Å². The molecule has 3 aliphatic rings. The SMILES string of the molecule is CC(C)(C)[Si](C)(C)Oc1ccc2c(c1)c(-c1nc3c(n1COCC[Si](C)(C)C)CN(CC1CCNCC1)C3)nn2C1CCCCO1. The molecule has 5 heterocycles. The second-order valence-corrected chi connectivity index (χ2v) is 27.0. The maximum absolute atomic E-state index is 6.82. The topological polar surface area (TPSA) is 78.6 Å². The van der Waals surface area contributed by atoms with Gasteiger partial charge in [-0.2, -0.15) is 5.10 Å². The Morgan fingerprint density at radius 2 is 1.80 bits per heavy atom. The van der Waals surface area contributed by atoms with Crippen molar-refractivity contribution in [2.75, 3.05) is 32.8 Å². The number of rotatable bonds is 11. The molecule has 3 aromatic rings. The van der Waals surface area contributed by atoms with Gasteiger partial charge in [-0.1, -0.05) is 40.4 Å². The minimum Gasteiger partial charge on any atom is -0.543 e. The Kier molecular flexibility index (Phi) is 9.91. The molecule has 2 fully saturated rings. The summed E-state index contributed by atoms with van der Waals surface area (Å²) in [5.74, 6) is 2.57. The van der Waals surface area contributed by atoms with Gasteiger partial charge in [-0.05, 0) is 93.5 Å². The fourth-order valence-corrected chi connectivity index (χ4v) is 8.44. The first kappa shape index (κ1) is 33.9. The molecular formula is C35H58N6O3Si2. The Bertz CT molecular complexity index is 1490. The number of nitrogens with zero attached hydrogens (tertiary/aromatic N) is 5. The summed E-state index contributed by atoms with van der Waals surface area (Å²) in [6, 6.07) is 7.65. The number of aromatic nitrogens is 4. The molecule has 46 heavy (non-hydrogen) atoms. The summed E-state index contributed by atoms with van der Waals surface area (Å²) in [7, 11) is -3.24. The number of hydrogen-bond acceptors (Lipinski definition) is 7. The Morgan fingerprint density at radius 1 is 1.02 bits per heavy atom. The summed E-state index contributed by atoms with van der Waals surface area (Å²) in [5.41, 5.74) is 4.43. The third kappa shape index (κ3) is 7.49. The summed E-state index contributed by atoms with van der Waals surface area (Å²) < 4.78 is 24.0. The average Bonchev–Trinajstić information content (AvgIpc) is 3.66. The van der Waals surface area contributed by atoms with Gasteiger partial charge in [0.05, 0.1) is 16.9 Å². The van der Waals surface area contributed by atoms with Gasteiger partial charge >= 0.3 is 0 Å². The van der Waals surface area contributed by atoms with Crippen molar-refractivity contribution in [2.45, 2.75) is 123 Å². The van der Waals surface area contributed by atoms with E-state index in [1.807, 2.05) is 0 Å². The lowest BCUT2D eigenvalue weighted by molar-refractivity contribution is -0.0365. The monoisotopic (exact) mass is 666 g/mol. The van der Waals surface area contributed by atoms with E-state index in [0.717, 1.165) is 105 Å². The average molecular weight is 667 g/mol. The quantitative estimate of drug-likeness (QED) is 0.167. The zero-order chi connectivity index (χ0) is 32.7. The van der Waals surface area contributed by atoms with Crippen molar-refractivity contribution in [1.29, 1.82) is 0 Å². The van der Waals surface area contributed by atoms with Gasteiger partial charge < -0.3 is 23.8 Å². The molecule has 6 rings (SSSR count). The zero-order valence-electron chi connectivity index (χ0n) is 29.7. The number of imidazole rings is 1. The highest BCUT2D eigenvalue weighted by atomic mass is 28.4. The smallest absolute Gasteiger partial charge is 0.250 e. The van der Waals surface area contributed by atoms with E-state index in [-0.39, 0.29) is 11.3 Å². The highest BCUT2D eigenvalue weighted by molar-refractivity contribution is 6.76. The van der Waals surface area contributed by atoms with Gasteiger partial charge in [-0.15, -0.1) is 0 Å². The van der Waals surface area contributed by atoms with Crippen LogP contribution < -0.4 is 9.74 Å². The molecule has 3 aliphatic heterocycles. The number of fused-ring (bicyclic) bond motifs is 2. The van der Waals surface area contributed by atoms with Gasteiger partial charge in [0.25, 0.3) is 0 Å². The van der Waals surface area contributed by atoms with E-state index in [0.29, 0.717) is 6.73 Å². The first-order valence-corrected chi connectivity index (χ1v) is 24.3. The maximum Gasteiger partial charge on any atom is 0.250 e. The molecule has 2 saturated heterocycles. The molecule has 9 nitrogen and oxygen atoms in total. The molecule has 1 N–H and O–H groups in total. The molecule has 0 radical (unpaired) electrons. The summed E-state index contributed by atoms with van der Waals surface area (Å²) in [4.78, 5) is 7.96. The number of nitrogens with one attached hydrogen (secondary N) is 1. The Balaban J connectivity index is 1.38. The van der Waals surface area contributed by atoms with Crippen molar-refractivity contribution in [3.8, 4) is 17.3 Å². The highest BCUT2D eigenvalue weighted by Gasteiger charge is 2.39. The van der Waals surface area contributed by atoms with Gasteiger partial charge in [0, 0.05) is 46.3 Å². The van der Waals surface area contributed by atoms with Crippen LogP contribution >= 0.6 is 0 Å². The van der Waals surface area contributed by atoms with E-state index >= 15 is 0 Å². The second-order valence-electron chi connectivity index (χ2n) is 16.6. The van der Waals surface area contributed by atoms with Crippen molar-refractivity contribution >= 4 is 27.3 Å². The molecular weight excluding hydrogens is 609 g/mol. The molecule has 11 heteroatoms. The van der Waals surface area contributed by atoms with Gasteiger partial charge in [0.2, 0.25) is 8.32 Å². The molecule has 254 valence electrons. The Labute approximate surface area is 278 Å². The largest absolute Gasteiger partial charge is 0.543 e. The highest BCUT2D eigenvalue weighted by Crippen LogP contribution is 2.40. The van der Waals surface area contributed by atoms with E-state index in [4.69, 9.17) is 24.0 Å². The lowest BCUT2D eigenvalue weighted by Gasteiger charge is -2.36. The van der Waals surface area contributed by atoms with Crippen LogP contribution in [0.4, 0.5) is 0 Å². The Hall–Kier alpha value is -2.03. The fraction of sp³-hybridized carbons (Fsp3) is 0.714. The number of hydrogen-bond donors (Lipinski definition) is 1. The van der Waals surface area contributed by atoms with Gasteiger partial charge in [-0.25, -0.2) is 9.67 Å². The molecule has 1 atom stereocenters. The lowest BCUT2D eigenvalue weighted by Crippen LogP contribution is -2.43. The standard InChI is InChI=1S/C35H58N6O3Si2/c1-35(2,3)46(7,8)44-27-12-13-30-28(21-27)33(38-41(30)32-11-9-10-18-43-32)34-37-29-23-39(22-26-14-16-36-17-15-26)24-31(29)40(34)25-42-19-20-45(4,5)6/h12-13,21,26,32,36H,9-11,14-20,22-25H2,1-8H3. The molecule has 0 bridgehead atoms. The number of piperidine rings is 1. The van der Waals surface area contributed by atoms with E-state index in [1.165, 1.54) is 24.2 Å². The summed E-state index contributed by atoms with van der Waals surface area (Å²) in [5, 5.41) is 10.0. The summed E-state index contributed by atoms with van der Waals surface area (Å²) in [6.07, 6.45) is 5.66. The van der Waals surface area contributed by atoms with E-state index in [2.05, 4.69) is 91.2 Å². The zero-order valence-corrected chi connectivity index (χ0v) is 31.7. The third-order valence-corrected chi connectivity index (χ3v) is 16.7.